The molecule has 1 rings (SSSR count). The topological polar surface area (TPSA) is 37.3 Å². The molecule has 1 aromatic rings. The molecule has 3 heteroatoms. The Labute approximate surface area is 73.1 Å². The number of hydrogen-bond donors (Lipinski definition) is 1. The zero-order chi connectivity index (χ0) is 9.14. The van der Waals surface area contributed by atoms with Crippen LogP contribution in [0.3, 0.4) is 0 Å². The summed E-state index contributed by atoms with van der Waals surface area (Å²) in [5.74, 6) is 0. The fourth-order valence-corrected chi connectivity index (χ4v) is 1.97. The molecule has 0 fully saturated rings. The summed E-state index contributed by atoms with van der Waals surface area (Å²) in [7, 11) is -2.52. The molecule has 0 amide bonds. The van der Waals surface area contributed by atoms with Crippen molar-refractivity contribution < 1.29 is 9.46 Å². The Balaban J connectivity index is 3.20. The SMILES string of the molecule is CCc1cc(C)ccc1[PH](=O)O. The fourth-order valence-electron chi connectivity index (χ4n) is 1.22. The summed E-state index contributed by atoms with van der Waals surface area (Å²) in [5, 5.41) is 0.605. The maximum absolute atomic E-state index is 10.9. The van der Waals surface area contributed by atoms with Crippen molar-refractivity contribution in [2.45, 2.75) is 20.3 Å². The van der Waals surface area contributed by atoms with Gasteiger partial charge in [-0.2, -0.15) is 0 Å². The van der Waals surface area contributed by atoms with Gasteiger partial charge in [-0.05, 0) is 25.0 Å². The van der Waals surface area contributed by atoms with Crippen molar-refractivity contribution in [1.82, 2.24) is 0 Å². The van der Waals surface area contributed by atoms with Crippen LogP contribution in [0.1, 0.15) is 18.1 Å². The molecule has 12 heavy (non-hydrogen) atoms. The van der Waals surface area contributed by atoms with Gasteiger partial charge in [-0.25, -0.2) is 0 Å². The lowest BCUT2D eigenvalue weighted by Crippen LogP contribution is -2.04. The second-order valence-corrected chi connectivity index (χ2v) is 3.97. The minimum absolute atomic E-state index is 0.605. The van der Waals surface area contributed by atoms with Gasteiger partial charge in [0.2, 0.25) is 8.03 Å². The number of rotatable bonds is 2. The van der Waals surface area contributed by atoms with Gasteiger partial charge in [0.15, 0.2) is 0 Å². The molecule has 0 aliphatic carbocycles. The number of benzene rings is 1. The zero-order valence-corrected chi connectivity index (χ0v) is 8.29. The number of aryl methyl sites for hydroxylation is 2. The molecule has 0 aliphatic rings. The Morgan fingerprint density at radius 3 is 2.67 bits per heavy atom. The van der Waals surface area contributed by atoms with Gasteiger partial charge in [-0.1, -0.05) is 24.6 Å². The third kappa shape index (κ3) is 1.96. The van der Waals surface area contributed by atoms with Crippen molar-refractivity contribution in [3.05, 3.63) is 29.3 Å². The van der Waals surface area contributed by atoms with Crippen LogP contribution in [0, 0.1) is 6.92 Å². The summed E-state index contributed by atoms with van der Waals surface area (Å²) in [6.07, 6.45) is 0.813. The molecule has 1 aromatic carbocycles. The first-order valence-electron chi connectivity index (χ1n) is 3.98. The first-order chi connectivity index (χ1) is 5.65. The first-order valence-corrected chi connectivity index (χ1v) is 5.33. The van der Waals surface area contributed by atoms with Gasteiger partial charge in [-0.15, -0.1) is 0 Å². The van der Waals surface area contributed by atoms with Crippen LogP contribution in [0.2, 0.25) is 0 Å². The average molecular weight is 184 g/mol. The van der Waals surface area contributed by atoms with Gasteiger partial charge in [-0.3, -0.25) is 4.57 Å². The van der Waals surface area contributed by atoms with E-state index in [1.54, 1.807) is 6.07 Å². The molecule has 0 saturated heterocycles. The molecule has 1 N–H and O–H groups in total. The van der Waals surface area contributed by atoms with Crippen LogP contribution in [0.25, 0.3) is 0 Å². The normalized spacial score (nSPS) is 12.9. The van der Waals surface area contributed by atoms with Gasteiger partial charge in [0, 0.05) is 5.30 Å². The van der Waals surface area contributed by atoms with Crippen molar-refractivity contribution >= 4 is 13.3 Å². The second kappa shape index (κ2) is 3.88. The lowest BCUT2D eigenvalue weighted by atomic mass is 10.1. The minimum Gasteiger partial charge on any atom is -0.343 e. The van der Waals surface area contributed by atoms with Gasteiger partial charge in [0.1, 0.15) is 0 Å². The van der Waals surface area contributed by atoms with Crippen LogP contribution in [0.4, 0.5) is 0 Å². The van der Waals surface area contributed by atoms with Crippen molar-refractivity contribution in [3.63, 3.8) is 0 Å². The predicted octanol–water partition coefficient (Wildman–Crippen LogP) is 1.65. The smallest absolute Gasteiger partial charge is 0.218 e. The van der Waals surface area contributed by atoms with E-state index in [-0.39, 0.29) is 0 Å². The summed E-state index contributed by atoms with van der Waals surface area (Å²) in [6.45, 7) is 3.97. The molecule has 0 bridgehead atoms. The van der Waals surface area contributed by atoms with Crippen molar-refractivity contribution in [3.8, 4) is 0 Å². The van der Waals surface area contributed by atoms with Gasteiger partial charge >= 0.3 is 0 Å². The Hall–Kier alpha value is -0.590. The molecule has 1 unspecified atom stereocenters. The van der Waals surface area contributed by atoms with Crippen LogP contribution in [-0.4, -0.2) is 4.89 Å². The van der Waals surface area contributed by atoms with Crippen LogP contribution in [-0.2, 0) is 11.0 Å². The largest absolute Gasteiger partial charge is 0.343 e. The molecule has 0 radical (unpaired) electrons. The van der Waals surface area contributed by atoms with Crippen molar-refractivity contribution in [2.24, 2.45) is 0 Å². The lowest BCUT2D eigenvalue weighted by Gasteiger charge is -2.04. The maximum atomic E-state index is 10.9. The highest BCUT2D eigenvalue weighted by Crippen LogP contribution is 2.17. The van der Waals surface area contributed by atoms with Crippen LogP contribution in [0.15, 0.2) is 18.2 Å². The highest BCUT2D eigenvalue weighted by Gasteiger charge is 2.04. The summed E-state index contributed by atoms with van der Waals surface area (Å²) < 4.78 is 10.9. The van der Waals surface area contributed by atoms with E-state index in [4.69, 9.17) is 4.89 Å². The molecule has 0 heterocycles. The van der Waals surface area contributed by atoms with Gasteiger partial charge in [0.05, 0.1) is 0 Å². The Kier molecular flexibility index (Phi) is 3.07. The van der Waals surface area contributed by atoms with Gasteiger partial charge in [0.25, 0.3) is 0 Å². The van der Waals surface area contributed by atoms with E-state index in [2.05, 4.69) is 0 Å². The van der Waals surface area contributed by atoms with Crippen LogP contribution in [0.5, 0.6) is 0 Å². The average Bonchev–Trinajstić information content (AvgIpc) is 2.03. The molecule has 0 spiro atoms. The summed E-state index contributed by atoms with van der Waals surface area (Å²) in [5.41, 5.74) is 2.13. The van der Waals surface area contributed by atoms with E-state index < -0.39 is 8.03 Å². The molecular weight excluding hydrogens is 171 g/mol. The summed E-state index contributed by atoms with van der Waals surface area (Å²) in [6, 6.07) is 5.58. The van der Waals surface area contributed by atoms with E-state index >= 15 is 0 Å². The fraction of sp³-hybridized carbons (Fsp3) is 0.333. The molecule has 0 aromatic heterocycles. The standard InChI is InChI=1S/C9H13O2P/c1-3-8-6-7(2)4-5-9(8)12(10)11/h4-6,12H,3H2,1-2H3,(H,10,11). The molecule has 66 valence electrons. The first kappa shape index (κ1) is 9.50. The third-order valence-corrected chi connectivity index (χ3v) is 2.82. The highest BCUT2D eigenvalue weighted by molar-refractivity contribution is 7.47. The van der Waals surface area contributed by atoms with Crippen LogP contribution < -0.4 is 5.30 Å². The molecule has 0 aliphatic heterocycles. The lowest BCUT2D eigenvalue weighted by molar-refractivity contribution is 0.513. The monoisotopic (exact) mass is 184 g/mol. The minimum atomic E-state index is -2.52. The second-order valence-electron chi connectivity index (χ2n) is 2.82. The van der Waals surface area contributed by atoms with E-state index in [9.17, 15) is 4.57 Å². The number of hydrogen-bond acceptors (Lipinski definition) is 1. The van der Waals surface area contributed by atoms with E-state index in [0.29, 0.717) is 5.30 Å². The summed E-state index contributed by atoms with van der Waals surface area (Å²) in [4.78, 5) is 8.97. The third-order valence-electron chi connectivity index (χ3n) is 1.87. The zero-order valence-electron chi connectivity index (χ0n) is 7.29. The molecule has 1 atom stereocenters. The summed E-state index contributed by atoms with van der Waals surface area (Å²) >= 11 is 0. The van der Waals surface area contributed by atoms with Gasteiger partial charge < -0.3 is 4.89 Å². The highest BCUT2D eigenvalue weighted by atomic mass is 31.1. The molecule has 0 saturated carbocycles. The van der Waals surface area contributed by atoms with Crippen molar-refractivity contribution in [1.29, 1.82) is 0 Å². The Morgan fingerprint density at radius 2 is 2.17 bits per heavy atom. The Bertz CT molecular complexity index is 307. The Morgan fingerprint density at radius 1 is 1.50 bits per heavy atom. The van der Waals surface area contributed by atoms with Crippen LogP contribution >= 0.6 is 8.03 Å². The maximum Gasteiger partial charge on any atom is 0.218 e. The van der Waals surface area contributed by atoms with E-state index in [1.807, 2.05) is 26.0 Å². The van der Waals surface area contributed by atoms with E-state index in [0.717, 1.165) is 17.5 Å². The molecule has 2 nitrogen and oxygen atoms in total. The van der Waals surface area contributed by atoms with Crippen molar-refractivity contribution in [2.75, 3.05) is 0 Å². The van der Waals surface area contributed by atoms with E-state index in [1.165, 1.54) is 0 Å². The molecular formula is C9H13O2P. The quantitative estimate of drug-likeness (QED) is 0.709. The predicted molar refractivity (Wildman–Crippen MR) is 51.4 cm³/mol.